The van der Waals surface area contributed by atoms with Crippen LogP contribution in [0.2, 0.25) is 0 Å². The Morgan fingerprint density at radius 1 is 1.03 bits per heavy atom. The molecule has 0 atom stereocenters. The highest BCUT2D eigenvalue weighted by molar-refractivity contribution is 5.92. The molecule has 1 aromatic carbocycles. The summed E-state index contributed by atoms with van der Waals surface area (Å²) < 4.78 is 15.8. The van der Waals surface area contributed by atoms with Crippen LogP contribution in [0.5, 0.6) is 5.75 Å². The van der Waals surface area contributed by atoms with Crippen LogP contribution in [0.4, 0.5) is 0 Å². The third-order valence-corrected chi connectivity index (χ3v) is 4.54. The first-order valence-corrected chi connectivity index (χ1v) is 10.7. The van der Waals surface area contributed by atoms with Gasteiger partial charge in [-0.15, -0.1) is 0 Å². The second-order valence-corrected chi connectivity index (χ2v) is 6.96. The van der Waals surface area contributed by atoms with Gasteiger partial charge in [-0.2, -0.15) is 0 Å². The Bertz CT molecular complexity index is 802. The van der Waals surface area contributed by atoms with E-state index in [0.717, 1.165) is 48.8 Å². The number of aliphatic imine (C=N–C) groups is 1. The highest BCUT2D eigenvalue weighted by Crippen LogP contribution is 2.12. The number of aryl methyl sites for hydroxylation is 1. The van der Waals surface area contributed by atoms with Crippen LogP contribution in [0.1, 0.15) is 41.4 Å². The maximum Gasteiger partial charge on any atom is 0.287 e. The number of hydrogen-bond acceptors (Lipinski definition) is 5. The zero-order valence-corrected chi connectivity index (χ0v) is 18.7. The molecular weight excluding hydrogens is 396 g/mol. The quantitative estimate of drug-likeness (QED) is 0.257. The van der Waals surface area contributed by atoms with Crippen molar-refractivity contribution in [1.82, 2.24) is 16.0 Å². The van der Waals surface area contributed by atoms with E-state index < -0.39 is 0 Å². The fourth-order valence-corrected chi connectivity index (χ4v) is 2.78. The molecular formula is C23H34N4O4. The van der Waals surface area contributed by atoms with E-state index in [2.05, 4.69) is 20.9 Å². The Hall–Kier alpha value is -3.00. The monoisotopic (exact) mass is 430 g/mol. The summed E-state index contributed by atoms with van der Waals surface area (Å²) in [6.07, 6.45) is 3.18. The number of amides is 1. The summed E-state index contributed by atoms with van der Waals surface area (Å²) in [5, 5.41) is 9.53. The van der Waals surface area contributed by atoms with Gasteiger partial charge in [-0.3, -0.25) is 4.79 Å². The van der Waals surface area contributed by atoms with Crippen molar-refractivity contribution < 1.29 is 18.7 Å². The molecule has 0 saturated heterocycles. The zero-order chi connectivity index (χ0) is 22.3. The van der Waals surface area contributed by atoms with Gasteiger partial charge in [0.15, 0.2) is 11.7 Å². The van der Waals surface area contributed by atoms with Crippen LogP contribution < -0.4 is 20.7 Å². The Kier molecular flexibility index (Phi) is 11.0. The number of benzene rings is 1. The van der Waals surface area contributed by atoms with E-state index in [4.69, 9.17) is 13.9 Å². The molecule has 0 unspecified atom stereocenters. The van der Waals surface area contributed by atoms with Crippen LogP contribution in [0.15, 0.2) is 46.0 Å². The minimum Gasteiger partial charge on any atom is -0.497 e. The van der Waals surface area contributed by atoms with Crippen LogP contribution in [-0.4, -0.2) is 51.8 Å². The van der Waals surface area contributed by atoms with E-state index in [1.807, 2.05) is 38.1 Å². The fraction of sp³-hybridized carbons (Fsp3) is 0.478. The first-order valence-electron chi connectivity index (χ1n) is 10.7. The van der Waals surface area contributed by atoms with Gasteiger partial charge in [0.05, 0.1) is 19.9 Å². The number of guanidine groups is 1. The van der Waals surface area contributed by atoms with Gasteiger partial charge >= 0.3 is 0 Å². The molecule has 0 bridgehead atoms. The zero-order valence-electron chi connectivity index (χ0n) is 18.7. The maximum absolute atomic E-state index is 12.1. The summed E-state index contributed by atoms with van der Waals surface area (Å²) in [7, 11) is 1.65. The molecule has 31 heavy (non-hydrogen) atoms. The van der Waals surface area contributed by atoms with Gasteiger partial charge in [0.1, 0.15) is 5.75 Å². The summed E-state index contributed by atoms with van der Waals surface area (Å²) >= 11 is 0. The van der Waals surface area contributed by atoms with Crippen molar-refractivity contribution >= 4 is 11.9 Å². The van der Waals surface area contributed by atoms with Gasteiger partial charge in [0.2, 0.25) is 0 Å². The first kappa shape index (κ1) is 24.3. The minimum absolute atomic E-state index is 0.190. The molecule has 3 N–H and O–H groups in total. The largest absolute Gasteiger partial charge is 0.497 e. The molecule has 0 aliphatic rings. The molecule has 0 radical (unpaired) electrons. The lowest BCUT2D eigenvalue weighted by molar-refractivity contribution is 0.0925. The van der Waals surface area contributed by atoms with E-state index >= 15 is 0 Å². The number of methoxy groups -OCH3 is 1. The minimum atomic E-state index is -0.190. The van der Waals surface area contributed by atoms with Gasteiger partial charge < -0.3 is 29.8 Å². The van der Waals surface area contributed by atoms with E-state index in [1.54, 1.807) is 13.2 Å². The van der Waals surface area contributed by atoms with Gasteiger partial charge in [-0.25, -0.2) is 4.99 Å². The van der Waals surface area contributed by atoms with Gasteiger partial charge in [0.25, 0.3) is 5.91 Å². The van der Waals surface area contributed by atoms with Crippen molar-refractivity contribution in [1.29, 1.82) is 0 Å². The smallest absolute Gasteiger partial charge is 0.287 e. The number of carbonyl (C=O) groups is 1. The van der Waals surface area contributed by atoms with Crippen molar-refractivity contribution in [2.45, 2.75) is 33.2 Å². The number of nitrogens with one attached hydrogen (secondary N) is 3. The number of ether oxygens (including phenoxy) is 2. The topological polar surface area (TPSA) is 97.1 Å². The molecule has 0 aliphatic carbocycles. The Morgan fingerprint density at radius 2 is 1.74 bits per heavy atom. The summed E-state index contributed by atoms with van der Waals surface area (Å²) in [6.45, 7) is 7.82. The predicted octanol–water partition coefficient (Wildman–Crippen LogP) is 2.88. The molecule has 8 nitrogen and oxygen atoms in total. The lowest BCUT2D eigenvalue weighted by Gasteiger charge is -2.13. The standard InChI is InChI=1S/C23H34N4O4/c1-4-30-15-6-14-26-23(27-17-19-7-9-20(29-3)10-8-19)25-13-5-12-24-22(28)21-18(2)11-16-31-21/h7-11,16H,4-6,12-15,17H2,1-3H3,(H,24,28)(H2,25,26,27). The molecule has 0 fully saturated rings. The summed E-state index contributed by atoms with van der Waals surface area (Å²) in [4.78, 5) is 16.7. The molecule has 0 aliphatic heterocycles. The molecule has 1 aromatic heterocycles. The van der Waals surface area contributed by atoms with Gasteiger partial charge in [-0.05, 0) is 50.5 Å². The van der Waals surface area contributed by atoms with Crippen LogP contribution in [0, 0.1) is 6.92 Å². The highest BCUT2D eigenvalue weighted by Gasteiger charge is 2.11. The fourth-order valence-electron chi connectivity index (χ4n) is 2.78. The number of hydrogen-bond donors (Lipinski definition) is 3. The lowest BCUT2D eigenvalue weighted by Crippen LogP contribution is -2.39. The van der Waals surface area contributed by atoms with Crippen molar-refractivity contribution in [2.24, 2.45) is 4.99 Å². The SMILES string of the molecule is CCOCCCNC(=NCc1ccc(OC)cc1)NCCCNC(=O)c1occc1C. The summed E-state index contributed by atoms with van der Waals surface area (Å²) in [5.41, 5.74) is 1.93. The van der Waals surface area contributed by atoms with Crippen molar-refractivity contribution in [3.63, 3.8) is 0 Å². The summed E-state index contributed by atoms with van der Waals surface area (Å²) in [6, 6.07) is 9.63. The second-order valence-electron chi connectivity index (χ2n) is 6.96. The lowest BCUT2D eigenvalue weighted by atomic mass is 10.2. The first-order chi connectivity index (χ1) is 15.1. The van der Waals surface area contributed by atoms with E-state index in [1.165, 1.54) is 6.26 Å². The normalized spacial score (nSPS) is 11.3. The Labute approximate surface area is 184 Å². The molecule has 2 aromatic rings. The number of carbonyl (C=O) groups excluding carboxylic acids is 1. The molecule has 1 heterocycles. The summed E-state index contributed by atoms with van der Waals surface area (Å²) in [5.74, 6) is 1.74. The van der Waals surface area contributed by atoms with Gasteiger partial charge in [-0.1, -0.05) is 12.1 Å². The van der Waals surface area contributed by atoms with Crippen LogP contribution in [-0.2, 0) is 11.3 Å². The maximum atomic E-state index is 12.1. The third-order valence-electron chi connectivity index (χ3n) is 4.54. The third kappa shape index (κ3) is 9.13. The number of rotatable bonds is 13. The highest BCUT2D eigenvalue weighted by atomic mass is 16.5. The van der Waals surface area contributed by atoms with E-state index in [9.17, 15) is 4.79 Å². The number of nitrogens with zero attached hydrogens (tertiary/aromatic N) is 1. The van der Waals surface area contributed by atoms with Crippen molar-refractivity contribution in [2.75, 3.05) is 40.0 Å². The van der Waals surface area contributed by atoms with E-state index in [-0.39, 0.29) is 5.91 Å². The molecule has 170 valence electrons. The molecule has 0 saturated carbocycles. The Balaban J connectivity index is 1.78. The van der Waals surface area contributed by atoms with Crippen LogP contribution in [0.25, 0.3) is 0 Å². The van der Waals surface area contributed by atoms with Crippen molar-refractivity contribution in [3.8, 4) is 5.75 Å². The van der Waals surface area contributed by atoms with E-state index in [0.29, 0.717) is 32.0 Å². The Morgan fingerprint density at radius 3 is 2.39 bits per heavy atom. The molecule has 8 heteroatoms. The van der Waals surface area contributed by atoms with Crippen molar-refractivity contribution in [3.05, 3.63) is 53.5 Å². The average Bonchev–Trinajstić information content (AvgIpc) is 3.22. The molecule has 0 spiro atoms. The number of furan rings is 1. The van der Waals surface area contributed by atoms with Crippen LogP contribution >= 0.6 is 0 Å². The molecule has 1 amide bonds. The van der Waals surface area contributed by atoms with Gasteiger partial charge in [0, 0.05) is 38.4 Å². The molecule has 2 rings (SSSR count). The second kappa shape index (κ2) is 14.1. The average molecular weight is 431 g/mol. The predicted molar refractivity (Wildman–Crippen MR) is 122 cm³/mol. The van der Waals surface area contributed by atoms with Crippen LogP contribution in [0.3, 0.4) is 0 Å².